The second-order valence-electron chi connectivity index (χ2n) is 3.40. The number of aromatic carboxylic acids is 1. The van der Waals surface area contributed by atoms with Gasteiger partial charge in [0, 0.05) is 0 Å². The van der Waals surface area contributed by atoms with Crippen LogP contribution >= 0.6 is 0 Å². The fourth-order valence-corrected chi connectivity index (χ4v) is 2.31. The molecule has 0 fully saturated rings. The van der Waals surface area contributed by atoms with Gasteiger partial charge in [-0.05, 0) is 25.1 Å². The number of hydrogen-bond donors (Lipinski definition) is 1. The van der Waals surface area contributed by atoms with Crippen LogP contribution < -0.4 is 0 Å². The summed E-state index contributed by atoms with van der Waals surface area (Å²) in [7, 11) is -3.00. The predicted molar refractivity (Wildman–Crippen MR) is 63.6 cm³/mol. The van der Waals surface area contributed by atoms with Gasteiger partial charge in [-0.3, -0.25) is 4.18 Å². The molecule has 19 heavy (non-hydrogen) atoms. The van der Waals surface area contributed by atoms with Gasteiger partial charge in [0.05, 0.1) is 29.7 Å². The first-order chi connectivity index (χ1) is 8.81. The number of ether oxygens (including phenoxy) is 1. The summed E-state index contributed by atoms with van der Waals surface area (Å²) >= 11 is 0. The summed E-state index contributed by atoms with van der Waals surface area (Å²) in [4.78, 5) is 21.9. The van der Waals surface area contributed by atoms with Crippen LogP contribution in [0.1, 0.15) is 27.6 Å². The molecule has 0 atom stereocenters. The van der Waals surface area contributed by atoms with E-state index in [1.165, 1.54) is 6.92 Å². The molecule has 8 heteroatoms. The van der Waals surface area contributed by atoms with Gasteiger partial charge in [0.1, 0.15) is 0 Å². The number of hydrogen-bond acceptors (Lipinski definition) is 6. The quantitative estimate of drug-likeness (QED) is 0.633. The number of carboxylic acids is 1. The van der Waals surface area contributed by atoms with E-state index in [0.29, 0.717) is 0 Å². The van der Waals surface area contributed by atoms with Crippen molar-refractivity contribution in [3.63, 3.8) is 0 Å². The summed E-state index contributed by atoms with van der Waals surface area (Å²) in [5.41, 5.74) is -0.526. The van der Waals surface area contributed by atoms with Crippen molar-refractivity contribution in [2.24, 2.45) is 0 Å². The lowest BCUT2D eigenvalue weighted by Crippen LogP contribution is -2.11. The topological polar surface area (TPSA) is 107 Å². The number of rotatable bonds is 5. The number of carboxylic acid groups (broad SMARTS) is 1. The zero-order valence-corrected chi connectivity index (χ0v) is 11.1. The van der Waals surface area contributed by atoms with Crippen molar-refractivity contribution < 1.29 is 32.0 Å². The highest BCUT2D eigenvalue weighted by atomic mass is 32.2. The van der Waals surface area contributed by atoms with Gasteiger partial charge in [-0.15, -0.1) is 0 Å². The molecule has 104 valence electrons. The maximum atomic E-state index is 11.7. The summed E-state index contributed by atoms with van der Waals surface area (Å²) in [6.45, 7) is 1.37. The predicted octanol–water partition coefficient (Wildman–Crippen LogP) is 0.897. The third-order valence-corrected chi connectivity index (χ3v) is 3.50. The Hall–Kier alpha value is -1.93. The lowest BCUT2D eigenvalue weighted by atomic mass is 10.1. The van der Waals surface area contributed by atoms with Gasteiger partial charge < -0.3 is 9.84 Å². The smallest absolute Gasteiger partial charge is 0.337 e. The number of methoxy groups -OCH3 is 1. The molecular weight excluding hydrogens is 276 g/mol. The summed E-state index contributed by atoms with van der Waals surface area (Å²) in [6.07, 6.45) is 0. The summed E-state index contributed by atoms with van der Waals surface area (Å²) in [5, 5.41) is 8.90. The molecule has 0 heterocycles. The van der Waals surface area contributed by atoms with E-state index in [0.717, 1.165) is 25.3 Å². The van der Waals surface area contributed by atoms with Crippen molar-refractivity contribution >= 4 is 22.1 Å². The fourth-order valence-electron chi connectivity index (χ4n) is 1.33. The van der Waals surface area contributed by atoms with Gasteiger partial charge in [-0.1, -0.05) is 0 Å². The Morgan fingerprint density at radius 1 is 1.21 bits per heavy atom. The fraction of sp³-hybridized carbons (Fsp3) is 0.273. The third-order valence-electron chi connectivity index (χ3n) is 2.14. The van der Waals surface area contributed by atoms with E-state index < -0.39 is 27.0 Å². The minimum atomic E-state index is -4.10. The molecule has 0 spiro atoms. The summed E-state index contributed by atoms with van der Waals surface area (Å²) in [5.74, 6) is -2.20. The van der Waals surface area contributed by atoms with Crippen LogP contribution in [-0.2, 0) is 19.0 Å². The van der Waals surface area contributed by atoms with Crippen molar-refractivity contribution in [1.82, 2.24) is 0 Å². The molecule has 1 N–H and O–H groups in total. The number of benzene rings is 1. The van der Waals surface area contributed by atoms with E-state index in [-0.39, 0.29) is 17.7 Å². The molecule has 1 aromatic rings. The lowest BCUT2D eigenvalue weighted by molar-refractivity contribution is 0.0600. The first-order valence-electron chi connectivity index (χ1n) is 5.18. The van der Waals surface area contributed by atoms with Crippen LogP contribution in [0.4, 0.5) is 0 Å². The van der Waals surface area contributed by atoms with E-state index in [1.807, 2.05) is 0 Å². The molecule has 0 amide bonds. The van der Waals surface area contributed by atoms with Crippen LogP contribution in [0.3, 0.4) is 0 Å². The van der Waals surface area contributed by atoms with Crippen molar-refractivity contribution in [1.29, 1.82) is 0 Å². The Bertz CT molecular complexity index is 603. The van der Waals surface area contributed by atoms with Gasteiger partial charge in [-0.25, -0.2) is 9.59 Å². The van der Waals surface area contributed by atoms with Crippen LogP contribution in [0.25, 0.3) is 0 Å². The molecule has 0 aliphatic carbocycles. The highest BCUT2D eigenvalue weighted by Gasteiger charge is 2.20. The van der Waals surface area contributed by atoms with E-state index in [9.17, 15) is 18.0 Å². The van der Waals surface area contributed by atoms with Gasteiger partial charge >= 0.3 is 11.9 Å². The van der Waals surface area contributed by atoms with E-state index in [1.54, 1.807) is 0 Å². The molecule has 0 unspecified atom stereocenters. The van der Waals surface area contributed by atoms with Crippen molar-refractivity contribution in [3.8, 4) is 0 Å². The van der Waals surface area contributed by atoms with Crippen LogP contribution in [0.5, 0.6) is 0 Å². The average molecular weight is 288 g/mol. The Morgan fingerprint density at radius 3 is 2.26 bits per heavy atom. The molecule has 1 rings (SSSR count). The Morgan fingerprint density at radius 2 is 1.79 bits per heavy atom. The molecule has 1 aromatic carbocycles. The minimum Gasteiger partial charge on any atom is -0.478 e. The van der Waals surface area contributed by atoms with E-state index >= 15 is 0 Å². The van der Waals surface area contributed by atoms with E-state index in [2.05, 4.69) is 8.92 Å². The molecule has 0 aliphatic rings. The Balaban J connectivity index is 3.45. The second-order valence-corrected chi connectivity index (χ2v) is 5.02. The molecule has 0 radical (unpaired) electrons. The first-order valence-corrected chi connectivity index (χ1v) is 6.58. The lowest BCUT2D eigenvalue weighted by Gasteiger charge is -2.07. The second kappa shape index (κ2) is 5.81. The van der Waals surface area contributed by atoms with Crippen LogP contribution in [-0.4, -0.2) is 39.2 Å². The SMILES string of the molecule is CCOS(=O)(=O)c1cc(C(=O)O)cc(C(=O)OC)c1. The maximum Gasteiger partial charge on any atom is 0.337 e. The van der Waals surface area contributed by atoms with Crippen LogP contribution in [0, 0.1) is 0 Å². The van der Waals surface area contributed by atoms with Crippen molar-refractivity contribution in [2.45, 2.75) is 11.8 Å². The van der Waals surface area contributed by atoms with Gasteiger partial charge in [0.15, 0.2) is 0 Å². The molecular formula is C11H12O7S. The molecule has 0 aliphatic heterocycles. The summed E-state index contributed by atoms with van der Waals surface area (Å²) in [6, 6.07) is 2.95. The van der Waals surface area contributed by atoms with Crippen LogP contribution in [0.15, 0.2) is 23.1 Å². The Labute approximate surface area is 109 Å². The van der Waals surface area contributed by atoms with Crippen molar-refractivity contribution in [2.75, 3.05) is 13.7 Å². The number of esters is 1. The molecule has 7 nitrogen and oxygen atoms in total. The standard InChI is InChI=1S/C11H12O7S/c1-3-18-19(15,16)9-5-7(10(12)13)4-8(6-9)11(14)17-2/h4-6H,3H2,1-2H3,(H,12,13). The summed E-state index contributed by atoms with van der Waals surface area (Å²) < 4.78 is 32.4. The number of carbonyl (C=O) groups is 2. The van der Waals surface area contributed by atoms with Gasteiger partial charge in [0.2, 0.25) is 0 Å². The normalized spacial score (nSPS) is 11.1. The zero-order valence-electron chi connectivity index (χ0n) is 10.2. The maximum absolute atomic E-state index is 11.7. The van der Waals surface area contributed by atoms with Crippen LogP contribution in [0.2, 0.25) is 0 Å². The van der Waals surface area contributed by atoms with Crippen molar-refractivity contribution in [3.05, 3.63) is 29.3 Å². The largest absolute Gasteiger partial charge is 0.478 e. The molecule has 0 saturated carbocycles. The Kier molecular flexibility index (Phi) is 4.62. The molecule has 0 saturated heterocycles. The molecule has 0 bridgehead atoms. The monoisotopic (exact) mass is 288 g/mol. The number of carbonyl (C=O) groups excluding carboxylic acids is 1. The highest BCUT2D eigenvalue weighted by Crippen LogP contribution is 2.18. The van der Waals surface area contributed by atoms with Gasteiger partial charge in [-0.2, -0.15) is 8.42 Å². The highest BCUT2D eigenvalue weighted by molar-refractivity contribution is 7.86. The average Bonchev–Trinajstić information content (AvgIpc) is 2.37. The minimum absolute atomic E-state index is 0.104. The third kappa shape index (κ3) is 3.52. The first kappa shape index (κ1) is 15.1. The van der Waals surface area contributed by atoms with Gasteiger partial charge in [0.25, 0.3) is 10.1 Å². The molecule has 0 aromatic heterocycles. The zero-order chi connectivity index (χ0) is 14.6. The van der Waals surface area contributed by atoms with E-state index in [4.69, 9.17) is 5.11 Å².